The van der Waals surface area contributed by atoms with Gasteiger partial charge in [-0.1, -0.05) is 19.9 Å². The largest absolute Gasteiger partial charge is 0.399 e. The molecule has 0 spiro atoms. The van der Waals surface area contributed by atoms with E-state index in [1.54, 1.807) is 6.07 Å². The van der Waals surface area contributed by atoms with Gasteiger partial charge in [0.15, 0.2) is 0 Å². The number of sulfonamides is 1. The molecule has 5 nitrogen and oxygen atoms in total. The summed E-state index contributed by atoms with van der Waals surface area (Å²) in [5.74, 6) is 0.529. The first kappa shape index (κ1) is 18.3. The third-order valence-electron chi connectivity index (χ3n) is 3.04. The number of anilines is 1. The molecule has 1 rings (SSSR count). The Hall–Kier alpha value is -0.760. The molecule has 4 N–H and O–H groups in total. The van der Waals surface area contributed by atoms with Gasteiger partial charge in [0.1, 0.15) is 0 Å². The summed E-state index contributed by atoms with van der Waals surface area (Å²) in [6.07, 6.45) is 0.563. The van der Waals surface area contributed by atoms with Crippen molar-refractivity contribution in [2.45, 2.75) is 25.2 Å². The van der Waals surface area contributed by atoms with Gasteiger partial charge in [-0.05, 0) is 30.0 Å². The van der Waals surface area contributed by atoms with Gasteiger partial charge >= 0.3 is 0 Å². The smallest absolute Gasteiger partial charge is 0.212 e. The molecule has 0 heterocycles. The van der Waals surface area contributed by atoms with Crippen LogP contribution < -0.4 is 10.5 Å². The van der Waals surface area contributed by atoms with Gasteiger partial charge in [0, 0.05) is 29.5 Å². The minimum Gasteiger partial charge on any atom is -0.399 e. The molecule has 0 atom stereocenters. The first-order chi connectivity index (χ1) is 9.74. The molecule has 0 saturated heterocycles. The Morgan fingerprint density at radius 1 is 1.38 bits per heavy atom. The predicted octanol–water partition coefficient (Wildman–Crippen LogP) is 1.69. The van der Waals surface area contributed by atoms with Crippen LogP contribution in [0, 0.1) is 5.41 Å². The molecular formula is C14H24N2O3S2. The summed E-state index contributed by atoms with van der Waals surface area (Å²) in [4.78, 5) is 0.964. The van der Waals surface area contributed by atoms with E-state index in [0.717, 1.165) is 4.90 Å². The lowest BCUT2D eigenvalue weighted by Crippen LogP contribution is -2.36. The molecule has 0 saturated carbocycles. The van der Waals surface area contributed by atoms with Crippen molar-refractivity contribution in [1.29, 1.82) is 0 Å². The first-order valence-corrected chi connectivity index (χ1v) is 9.44. The highest BCUT2D eigenvalue weighted by molar-refractivity contribution is 8.00. The van der Waals surface area contributed by atoms with Crippen molar-refractivity contribution in [3.8, 4) is 0 Å². The number of benzene rings is 1. The molecule has 0 aromatic heterocycles. The van der Waals surface area contributed by atoms with Gasteiger partial charge in [-0.3, -0.25) is 0 Å². The van der Waals surface area contributed by atoms with Crippen LogP contribution in [0.5, 0.6) is 0 Å². The Labute approximate surface area is 131 Å². The van der Waals surface area contributed by atoms with Crippen LogP contribution in [-0.2, 0) is 10.0 Å². The van der Waals surface area contributed by atoms with Gasteiger partial charge in [-0.15, -0.1) is 11.8 Å². The van der Waals surface area contributed by atoms with Crippen molar-refractivity contribution in [1.82, 2.24) is 4.72 Å². The van der Waals surface area contributed by atoms with Crippen LogP contribution in [-0.4, -0.2) is 38.2 Å². The van der Waals surface area contributed by atoms with E-state index in [9.17, 15) is 8.42 Å². The molecule has 0 fully saturated rings. The number of thioether (sulfide) groups is 1. The van der Waals surface area contributed by atoms with Gasteiger partial charge in [-0.25, -0.2) is 13.1 Å². The van der Waals surface area contributed by atoms with Crippen LogP contribution in [0.15, 0.2) is 29.2 Å². The standard InChI is InChI=1S/C14H24N2O3S2/c1-14(2,6-7-17)11-16-21(18,19)9-8-20-13-5-3-4-12(15)10-13/h3-5,10,16-17H,6-9,11,15H2,1-2H3. The van der Waals surface area contributed by atoms with Gasteiger partial charge in [-0.2, -0.15) is 0 Å². The quantitative estimate of drug-likeness (QED) is 0.473. The second-order valence-electron chi connectivity index (χ2n) is 5.70. The van der Waals surface area contributed by atoms with Crippen LogP contribution in [0.2, 0.25) is 0 Å². The van der Waals surface area contributed by atoms with E-state index in [1.807, 2.05) is 32.0 Å². The Morgan fingerprint density at radius 2 is 2.10 bits per heavy atom. The van der Waals surface area contributed by atoms with Crippen molar-refractivity contribution >= 4 is 27.5 Å². The van der Waals surface area contributed by atoms with Crippen LogP contribution >= 0.6 is 11.8 Å². The molecule has 0 aliphatic rings. The van der Waals surface area contributed by atoms with E-state index in [2.05, 4.69) is 4.72 Å². The van der Waals surface area contributed by atoms with E-state index in [1.165, 1.54) is 11.8 Å². The first-order valence-electron chi connectivity index (χ1n) is 6.81. The normalized spacial score (nSPS) is 12.5. The number of hydrogen-bond acceptors (Lipinski definition) is 5. The predicted molar refractivity (Wildman–Crippen MR) is 88.9 cm³/mol. The second-order valence-corrected chi connectivity index (χ2v) is 8.79. The lowest BCUT2D eigenvalue weighted by molar-refractivity contribution is 0.213. The zero-order chi connectivity index (χ0) is 15.9. The molecule has 0 aliphatic carbocycles. The average molecular weight is 332 g/mol. The average Bonchev–Trinajstić information content (AvgIpc) is 2.37. The summed E-state index contributed by atoms with van der Waals surface area (Å²) in [6, 6.07) is 7.38. The molecule has 7 heteroatoms. The number of nitrogen functional groups attached to an aromatic ring is 1. The number of rotatable bonds is 9. The molecular weight excluding hydrogens is 308 g/mol. The molecule has 1 aromatic rings. The van der Waals surface area contributed by atoms with E-state index >= 15 is 0 Å². The summed E-state index contributed by atoms with van der Waals surface area (Å²) >= 11 is 1.47. The Bertz CT molecular complexity index is 545. The van der Waals surface area contributed by atoms with Crippen molar-refractivity contribution in [2.75, 3.05) is 30.4 Å². The summed E-state index contributed by atoms with van der Waals surface area (Å²) in [5, 5.41) is 8.93. The van der Waals surface area contributed by atoms with Crippen molar-refractivity contribution in [3.05, 3.63) is 24.3 Å². The highest BCUT2D eigenvalue weighted by Gasteiger charge is 2.20. The SMILES string of the molecule is CC(C)(CCO)CNS(=O)(=O)CCSc1cccc(N)c1. The summed E-state index contributed by atoms with van der Waals surface area (Å²) in [5.41, 5.74) is 6.10. The molecule has 0 radical (unpaired) electrons. The number of nitrogens with two attached hydrogens (primary N) is 1. The molecule has 21 heavy (non-hydrogen) atoms. The molecule has 0 unspecified atom stereocenters. The maximum Gasteiger partial charge on any atom is 0.212 e. The lowest BCUT2D eigenvalue weighted by atomic mass is 9.90. The number of aliphatic hydroxyl groups is 1. The third-order valence-corrected chi connectivity index (χ3v) is 5.62. The van der Waals surface area contributed by atoms with Crippen LogP contribution in [0.25, 0.3) is 0 Å². The molecule has 1 aromatic carbocycles. The molecule has 0 aliphatic heterocycles. The Kier molecular flexibility index (Phi) is 6.99. The lowest BCUT2D eigenvalue weighted by Gasteiger charge is -2.23. The zero-order valence-corrected chi connectivity index (χ0v) is 14.1. The van der Waals surface area contributed by atoms with E-state index < -0.39 is 10.0 Å². The van der Waals surface area contributed by atoms with Crippen LogP contribution in [0.1, 0.15) is 20.3 Å². The Balaban J connectivity index is 2.39. The second kappa shape index (κ2) is 8.03. The monoisotopic (exact) mass is 332 g/mol. The maximum absolute atomic E-state index is 11.9. The minimum absolute atomic E-state index is 0.0556. The fourth-order valence-electron chi connectivity index (χ4n) is 1.64. The number of aliphatic hydroxyl groups excluding tert-OH is 1. The highest BCUT2D eigenvalue weighted by Crippen LogP contribution is 2.21. The number of hydrogen-bond donors (Lipinski definition) is 3. The van der Waals surface area contributed by atoms with Crippen LogP contribution in [0.4, 0.5) is 5.69 Å². The Morgan fingerprint density at radius 3 is 2.71 bits per heavy atom. The maximum atomic E-state index is 11.9. The highest BCUT2D eigenvalue weighted by atomic mass is 32.2. The van der Waals surface area contributed by atoms with E-state index in [4.69, 9.17) is 10.8 Å². The number of nitrogens with one attached hydrogen (secondary N) is 1. The zero-order valence-electron chi connectivity index (χ0n) is 12.5. The van der Waals surface area contributed by atoms with Crippen molar-refractivity contribution in [2.24, 2.45) is 5.41 Å². The van der Waals surface area contributed by atoms with Gasteiger partial charge < -0.3 is 10.8 Å². The van der Waals surface area contributed by atoms with Crippen molar-refractivity contribution < 1.29 is 13.5 Å². The van der Waals surface area contributed by atoms with Gasteiger partial charge in [0.2, 0.25) is 10.0 Å². The summed E-state index contributed by atoms with van der Waals surface area (Å²) in [7, 11) is -3.30. The fraction of sp³-hybridized carbons (Fsp3) is 0.571. The molecule has 0 amide bonds. The molecule has 120 valence electrons. The summed E-state index contributed by atoms with van der Waals surface area (Å²) in [6.45, 7) is 4.24. The third kappa shape index (κ3) is 7.71. The fourth-order valence-corrected chi connectivity index (χ4v) is 4.24. The van der Waals surface area contributed by atoms with E-state index in [-0.39, 0.29) is 17.8 Å². The van der Waals surface area contributed by atoms with Crippen LogP contribution in [0.3, 0.4) is 0 Å². The minimum atomic E-state index is -3.30. The van der Waals surface area contributed by atoms with E-state index in [0.29, 0.717) is 24.4 Å². The van der Waals surface area contributed by atoms with Crippen molar-refractivity contribution in [3.63, 3.8) is 0 Å². The summed E-state index contributed by atoms with van der Waals surface area (Å²) < 4.78 is 26.5. The van der Waals surface area contributed by atoms with Gasteiger partial charge in [0.25, 0.3) is 0 Å². The topological polar surface area (TPSA) is 92.4 Å². The molecule has 0 bridgehead atoms. The van der Waals surface area contributed by atoms with Gasteiger partial charge in [0.05, 0.1) is 5.75 Å².